The molecule has 0 bridgehead atoms. The number of carboxylic acid groups (broad SMARTS) is 1. The van der Waals surface area contributed by atoms with Crippen molar-refractivity contribution >= 4 is 16.0 Å². The molecule has 0 saturated carbocycles. The van der Waals surface area contributed by atoms with E-state index in [4.69, 9.17) is 4.74 Å². The molecule has 1 aliphatic heterocycles. The van der Waals surface area contributed by atoms with Gasteiger partial charge in [0.25, 0.3) is 0 Å². The molecule has 0 radical (unpaired) electrons. The Morgan fingerprint density at radius 1 is 1.08 bits per heavy atom. The Morgan fingerprint density at radius 2 is 1.64 bits per heavy atom. The van der Waals surface area contributed by atoms with Crippen LogP contribution in [0.5, 0.6) is 5.75 Å². The Morgan fingerprint density at radius 3 is 2.16 bits per heavy atom. The molecule has 132 valence electrons. The van der Waals surface area contributed by atoms with E-state index in [-0.39, 0.29) is 11.4 Å². The maximum atomic E-state index is 12.7. The van der Waals surface area contributed by atoms with E-state index in [0.29, 0.717) is 12.8 Å². The Bertz CT molecular complexity index is 859. The maximum absolute atomic E-state index is 12.7. The summed E-state index contributed by atoms with van der Waals surface area (Å²) in [6.45, 7) is 0.236. The van der Waals surface area contributed by atoms with Crippen LogP contribution in [-0.4, -0.2) is 43.5 Å². The Hall–Kier alpha value is -2.38. The number of methoxy groups -OCH3 is 1. The molecule has 0 spiro atoms. The van der Waals surface area contributed by atoms with E-state index in [1.807, 2.05) is 24.3 Å². The fraction of sp³-hybridized carbons (Fsp3) is 0.278. The SMILES string of the molecule is COc1ccc(-c2ccc(S(=O)(=O)N3CCCC3C(=O)O)cc2)cc1. The molecular formula is C18H19NO5S. The number of rotatable bonds is 5. The van der Waals surface area contributed by atoms with Gasteiger partial charge in [-0.05, 0) is 48.2 Å². The summed E-state index contributed by atoms with van der Waals surface area (Å²) in [4.78, 5) is 11.4. The number of benzene rings is 2. The van der Waals surface area contributed by atoms with Gasteiger partial charge in [-0.1, -0.05) is 24.3 Å². The highest BCUT2D eigenvalue weighted by molar-refractivity contribution is 7.89. The summed E-state index contributed by atoms with van der Waals surface area (Å²) in [5.74, 6) is -0.354. The summed E-state index contributed by atoms with van der Waals surface area (Å²) in [6.07, 6.45) is 0.901. The number of aliphatic carboxylic acids is 1. The lowest BCUT2D eigenvalue weighted by atomic mass is 10.1. The minimum atomic E-state index is -3.81. The van der Waals surface area contributed by atoms with Crippen molar-refractivity contribution in [2.24, 2.45) is 0 Å². The lowest BCUT2D eigenvalue weighted by Gasteiger charge is -2.21. The second-order valence-electron chi connectivity index (χ2n) is 5.86. The van der Waals surface area contributed by atoms with Crippen LogP contribution in [0.25, 0.3) is 11.1 Å². The van der Waals surface area contributed by atoms with Gasteiger partial charge in [0.15, 0.2) is 0 Å². The minimum Gasteiger partial charge on any atom is -0.497 e. The van der Waals surface area contributed by atoms with E-state index in [9.17, 15) is 18.3 Å². The monoisotopic (exact) mass is 361 g/mol. The van der Waals surface area contributed by atoms with Crippen LogP contribution in [0.4, 0.5) is 0 Å². The second-order valence-corrected chi connectivity index (χ2v) is 7.76. The molecule has 1 fully saturated rings. The predicted octanol–water partition coefficient (Wildman–Crippen LogP) is 2.60. The molecule has 0 aliphatic carbocycles. The summed E-state index contributed by atoms with van der Waals surface area (Å²) < 4.78 is 31.7. The molecule has 1 aliphatic rings. The molecule has 6 nitrogen and oxygen atoms in total. The van der Waals surface area contributed by atoms with Crippen molar-refractivity contribution in [2.45, 2.75) is 23.8 Å². The third kappa shape index (κ3) is 3.38. The lowest BCUT2D eigenvalue weighted by molar-refractivity contribution is -0.140. The zero-order chi connectivity index (χ0) is 18.0. The number of nitrogens with zero attached hydrogens (tertiary/aromatic N) is 1. The molecule has 1 saturated heterocycles. The molecule has 1 heterocycles. The Balaban J connectivity index is 1.87. The molecule has 1 unspecified atom stereocenters. The van der Waals surface area contributed by atoms with Crippen molar-refractivity contribution in [2.75, 3.05) is 13.7 Å². The molecule has 7 heteroatoms. The standard InChI is InChI=1S/C18H19NO5S/c1-24-15-8-4-13(5-9-15)14-6-10-16(11-7-14)25(22,23)19-12-2-3-17(19)18(20)21/h4-11,17H,2-3,12H2,1H3,(H,20,21). The highest BCUT2D eigenvalue weighted by Gasteiger charge is 2.39. The largest absolute Gasteiger partial charge is 0.497 e. The van der Waals surface area contributed by atoms with Crippen molar-refractivity contribution in [3.63, 3.8) is 0 Å². The van der Waals surface area contributed by atoms with E-state index in [1.54, 1.807) is 19.2 Å². The van der Waals surface area contributed by atoms with Crippen LogP contribution < -0.4 is 4.74 Å². The molecule has 2 aromatic rings. The summed E-state index contributed by atoms with van der Waals surface area (Å²) in [6, 6.07) is 13.0. The third-order valence-corrected chi connectivity index (χ3v) is 6.30. The van der Waals surface area contributed by atoms with Gasteiger partial charge >= 0.3 is 5.97 Å². The first-order chi connectivity index (χ1) is 11.9. The van der Waals surface area contributed by atoms with Gasteiger partial charge in [0.2, 0.25) is 10.0 Å². The number of hydrogen-bond acceptors (Lipinski definition) is 4. The summed E-state index contributed by atoms with van der Waals surface area (Å²) in [7, 11) is -2.22. The number of hydrogen-bond donors (Lipinski definition) is 1. The first-order valence-electron chi connectivity index (χ1n) is 7.92. The van der Waals surface area contributed by atoms with Crippen LogP contribution in [0.3, 0.4) is 0 Å². The summed E-state index contributed by atoms with van der Waals surface area (Å²) in [5, 5.41) is 9.21. The van der Waals surface area contributed by atoms with Crippen LogP contribution in [0.2, 0.25) is 0 Å². The minimum absolute atomic E-state index is 0.109. The summed E-state index contributed by atoms with van der Waals surface area (Å²) >= 11 is 0. The van der Waals surface area contributed by atoms with Crippen molar-refractivity contribution in [3.05, 3.63) is 48.5 Å². The van der Waals surface area contributed by atoms with Crippen LogP contribution in [0.1, 0.15) is 12.8 Å². The van der Waals surface area contributed by atoms with E-state index in [0.717, 1.165) is 21.2 Å². The van der Waals surface area contributed by atoms with Gasteiger partial charge in [-0.3, -0.25) is 4.79 Å². The molecule has 1 N–H and O–H groups in total. The predicted molar refractivity (Wildman–Crippen MR) is 93.0 cm³/mol. The van der Waals surface area contributed by atoms with Crippen LogP contribution >= 0.6 is 0 Å². The van der Waals surface area contributed by atoms with Gasteiger partial charge in [0.1, 0.15) is 11.8 Å². The Labute approximate surface area is 146 Å². The van der Waals surface area contributed by atoms with Gasteiger partial charge in [-0.2, -0.15) is 4.31 Å². The first kappa shape index (κ1) is 17.4. The van der Waals surface area contributed by atoms with Gasteiger partial charge in [0.05, 0.1) is 12.0 Å². The third-order valence-electron chi connectivity index (χ3n) is 4.37. The Kier molecular flexibility index (Phi) is 4.78. The fourth-order valence-electron chi connectivity index (χ4n) is 3.01. The summed E-state index contributed by atoms with van der Waals surface area (Å²) in [5.41, 5.74) is 1.81. The van der Waals surface area contributed by atoms with Crippen molar-refractivity contribution in [1.82, 2.24) is 4.31 Å². The average Bonchev–Trinajstić information content (AvgIpc) is 3.13. The molecule has 2 aromatic carbocycles. The van der Waals surface area contributed by atoms with Crippen molar-refractivity contribution < 1.29 is 23.1 Å². The lowest BCUT2D eigenvalue weighted by Crippen LogP contribution is -2.40. The van der Waals surface area contributed by atoms with Crippen LogP contribution in [0, 0.1) is 0 Å². The van der Waals surface area contributed by atoms with Gasteiger partial charge in [0, 0.05) is 6.54 Å². The van der Waals surface area contributed by atoms with E-state index >= 15 is 0 Å². The zero-order valence-electron chi connectivity index (χ0n) is 13.8. The molecule has 0 aromatic heterocycles. The van der Waals surface area contributed by atoms with Crippen molar-refractivity contribution in [1.29, 1.82) is 0 Å². The van der Waals surface area contributed by atoms with Gasteiger partial charge in [-0.25, -0.2) is 8.42 Å². The zero-order valence-corrected chi connectivity index (χ0v) is 14.6. The fourth-order valence-corrected chi connectivity index (χ4v) is 4.66. The van der Waals surface area contributed by atoms with E-state index in [1.165, 1.54) is 12.1 Å². The molecule has 0 amide bonds. The molecule has 3 rings (SSSR count). The van der Waals surface area contributed by atoms with E-state index < -0.39 is 22.0 Å². The number of sulfonamides is 1. The average molecular weight is 361 g/mol. The maximum Gasteiger partial charge on any atom is 0.322 e. The van der Waals surface area contributed by atoms with E-state index in [2.05, 4.69) is 0 Å². The van der Waals surface area contributed by atoms with Crippen molar-refractivity contribution in [3.8, 4) is 16.9 Å². The van der Waals surface area contributed by atoms with Gasteiger partial charge in [-0.15, -0.1) is 0 Å². The first-order valence-corrected chi connectivity index (χ1v) is 9.36. The number of carbonyl (C=O) groups is 1. The number of carboxylic acids is 1. The van der Waals surface area contributed by atoms with Crippen LogP contribution in [-0.2, 0) is 14.8 Å². The number of ether oxygens (including phenoxy) is 1. The second kappa shape index (κ2) is 6.85. The quantitative estimate of drug-likeness (QED) is 0.885. The molecule has 25 heavy (non-hydrogen) atoms. The van der Waals surface area contributed by atoms with Crippen LogP contribution in [0.15, 0.2) is 53.4 Å². The smallest absolute Gasteiger partial charge is 0.322 e. The highest BCUT2D eigenvalue weighted by Crippen LogP contribution is 2.28. The van der Waals surface area contributed by atoms with Gasteiger partial charge < -0.3 is 9.84 Å². The molecule has 1 atom stereocenters. The normalized spacial score (nSPS) is 18.2. The molecular weight excluding hydrogens is 342 g/mol. The topological polar surface area (TPSA) is 83.9 Å². The highest BCUT2D eigenvalue weighted by atomic mass is 32.2.